The first-order valence-corrected chi connectivity index (χ1v) is 9.82. The van der Waals surface area contributed by atoms with E-state index in [-0.39, 0.29) is 17.2 Å². The lowest BCUT2D eigenvalue weighted by Crippen LogP contribution is -2.54. The summed E-state index contributed by atoms with van der Waals surface area (Å²) in [6, 6.07) is 9.93. The van der Waals surface area contributed by atoms with Gasteiger partial charge in [0.15, 0.2) is 5.78 Å². The van der Waals surface area contributed by atoms with Crippen LogP contribution in [0.15, 0.2) is 42.6 Å². The average molecular weight is 432 g/mol. The quantitative estimate of drug-likeness (QED) is 0.569. The van der Waals surface area contributed by atoms with Crippen LogP contribution in [0.2, 0.25) is 5.02 Å². The highest BCUT2D eigenvalue weighted by Crippen LogP contribution is 2.42. The molecule has 0 bridgehead atoms. The van der Waals surface area contributed by atoms with Gasteiger partial charge in [0.1, 0.15) is 16.9 Å². The molecule has 0 aliphatic heterocycles. The van der Waals surface area contributed by atoms with Gasteiger partial charge in [0.25, 0.3) is 0 Å². The van der Waals surface area contributed by atoms with Crippen LogP contribution in [-0.2, 0) is 19.8 Å². The Morgan fingerprint density at radius 2 is 1.97 bits per heavy atom. The number of nitrogens with zero attached hydrogens (tertiary/aromatic N) is 2. The molecule has 0 radical (unpaired) electrons. The maximum atomic E-state index is 13.0. The van der Waals surface area contributed by atoms with E-state index in [0.717, 1.165) is 12.8 Å². The second-order valence-corrected chi connectivity index (χ2v) is 7.33. The predicted molar refractivity (Wildman–Crippen MR) is 110 cm³/mol. The van der Waals surface area contributed by atoms with E-state index in [1.807, 2.05) is 0 Å². The maximum Gasteiger partial charge on any atom is 0.413 e. The van der Waals surface area contributed by atoms with Crippen molar-refractivity contribution in [3.63, 3.8) is 0 Å². The molecule has 0 spiro atoms. The monoisotopic (exact) mass is 431 g/mol. The highest BCUT2D eigenvalue weighted by Gasteiger charge is 2.48. The molecule has 1 aliphatic carbocycles. The van der Waals surface area contributed by atoms with Crippen LogP contribution < -0.4 is 5.73 Å². The summed E-state index contributed by atoms with van der Waals surface area (Å²) in [6.45, 7) is -0.636. The van der Waals surface area contributed by atoms with Crippen LogP contribution in [0.3, 0.4) is 0 Å². The number of hydrogen-bond acceptors (Lipinski definition) is 7. The number of pyridine rings is 1. The van der Waals surface area contributed by atoms with E-state index in [9.17, 15) is 14.4 Å². The molecule has 30 heavy (non-hydrogen) atoms. The molecule has 9 heteroatoms. The van der Waals surface area contributed by atoms with Gasteiger partial charge in [0.2, 0.25) is 6.79 Å². The zero-order valence-electron chi connectivity index (χ0n) is 16.5. The van der Waals surface area contributed by atoms with Gasteiger partial charge in [-0.1, -0.05) is 29.8 Å². The minimum Gasteiger partial charge on any atom is -0.424 e. The van der Waals surface area contributed by atoms with Crippen molar-refractivity contribution in [2.45, 2.75) is 31.2 Å². The van der Waals surface area contributed by atoms with E-state index in [0.29, 0.717) is 23.4 Å². The third kappa shape index (κ3) is 4.09. The number of ether oxygens (including phenoxy) is 2. The van der Waals surface area contributed by atoms with Gasteiger partial charge in [0.05, 0.1) is 0 Å². The first-order valence-electron chi connectivity index (χ1n) is 9.44. The highest BCUT2D eigenvalue weighted by molar-refractivity contribution is 6.31. The van der Waals surface area contributed by atoms with Crippen molar-refractivity contribution in [1.29, 1.82) is 0 Å². The molecule has 1 aliphatic rings. The molecule has 1 aromatic heterocycles. The predicted octanol–water partition coefficient (Wildman–Crippen LogP) is 3.54. The molecule has 1 saturated carbocycles. The van der Waals surface area contributed by atoms with Gasteiger partial charge in [-0.3, -0.25) is 9.69 Å². The lowest BCUT2D eigenvalue weighted by atomic mass is 9.74. The number of anilines is 1. The van der Waals surface area contributed by atoms with E-state index in [4.69, 9.17) is 26.8 Å². The van der Waals surface area contributed by atoms with Gasteiger partial charge in [0, 0.05) is 30.3 Å². The average Bonchev–Trinajstić information content (AvgIpc) is 2.74. The molecule has 0 saturated heterocycles. The van der Waals surface area contributed by atoms with Gasteiger partial charge in [-0.05, 0) is 37.5 Å². The van der Waals surface area contributed by atoms with Crippen LogP contribution in [-0.4, -0.2) is 41.6 Å². The Labute approximate surface area is 178 Å². The number of nitrogen functional groups attached to an aromatic ring is 1. The van der Waals surface area contributed by atoms with Crippen molar-refractivity contribution in [1.82, 2.24) is 9.88 Å². The number of carbonyl (C=O) groups excluding carboxylic acids is 3. The third-order valence-corrected chi connectivity index (χ3v) is 5.58. The van der Waals surface area contributed by atoms with E-state index in [1.165, 1.54) is 30.3 Å². The van der Waals surface area contributed by atoms with Gasteiger partial charge in [-0.15, -0.1) is 0 Å². The van der Waals surface area contributed by atoms with Crippen LogP contribution in [0.5, 0.6) is 0 Å². The van der Waals surface area contributed by atoms with Crippen molar-refractivity contribution in [3.05, 3.63) is 58.7 Å². The molecule has 158 valence electrons. The molecule has 1 amide bonds. The van der Waals surface area contributed by atoms with Gasteiger partial charge >= 0.3 is 12.1 Å². The molecule has 1 atom stereocenters. The summed E-state index contributed by atoms with van der Waals surface area (Å²) >= 11 is 6.37. The van der Waals surface area contributed by atoms with Crippen molar-refractivity contribution in [2.24, 2.45) is 0 Å². The smallest absolute Gasteiger partial charge is 0.413 e. The lowest BCUT2D eigenvalue weighted by molar-refractivity contribution is -0.133. The summed E-state index contributed by atoms with van der Waals surface area (Å²) < 4.78 is 10.1. The summed E-state index contributed by atoms with van der Waals surface area (Å²) in [5.74, 6) is -0.872. The minimum atomic E-state index is -1.23. The number of nitrogens with two attached hydrogens (primary N) is 1. The number of esters is 1. The Bertz CT molecular complexity index is 967. The zero-order chi connectivity index (χ0) is 21.7. The van der Waals surface area contributed by atoms with Crippen LogP contribution in [0.25, 0.3) is 0 Å². The fraction of sp³-hybridized carbons (Fsp3) is 0.333. The number of amides is 1. The number of Topliss-reactive ketones (excluding diaryl/α,β-unsaturated/α-hetero) is 1. The van der Waals surface area contributed by atoms with Gasteiger partial charge < -0.3 is 15.2 Å². The Balaban J connectivity index is 1.74. The summed E-state index contributed by atoms with van der Waals surface area (Å²) in [7, 11) is 1.48. The molecular formula is C21H22ClN3O5. The van der Waals surface area contributed by atoms with Crippen molar-refractivity contribution < 1.29 is 23.9 Å². The first-order chi connectivity index (χ1) is 14.4. The number of carbonyl (C=O) groups is 3. The zero-order valence-corrected chi connectivity index (χ0v) is 17.2. The molecule has 2 N–H and O–H groups in total. The molecule has 2 aromatic rings. The van der Waals surface area contributed by atoms with Crippen LogP contribution in [0.1, 0.15) is 41.6 Å². The van der Waals surface area contributed by atoms with Crippen molar-refractivity contribution >= 4 is 35.3 Å². The first kappa shape index (κ1) is 21.6. The summed E-state index contributed by atoms with van der Waals surface area (Å²) in [4.78, 5) is 42.9. The largest absolute Gasteiger partial charge is 0.424 e. The molecule has 1 unspecified atom stereocenters. The molecular weight excluding hydrogens is 410 g/mol. The lowest BCUT2D eigenvalue weighted by Gasteiger charge is -2.43. The van der Waals surface area contributed by atoms with E-state index in [2.05, 4.69) is 4.98 Å². The normalized spacial score (nSPS) is 18.5. The van der Waals surface area contributed by atoms with E-state index >= 15 is 0 Å². The number of likely N-dealkylation sites (N-methyl/N-ethyl adjacent to an activating group) is 1. The number of rotatable bonds is 5. The van der Waals surface area contributed by atoms with Crippen LogP contribution in [0, 0.1) is 0 Å². The van der Waals surface area contributed by atoms with Crippen molar-refractivity contribution in [3.8, 4) is 0 Å². The third-order valence-electron chi connectivity index (χ3n) is 5.25. The minimum absolute atomic E-state index is 0.0106. The molecule has 1 fully saturated rings. The second-order valence-electron chi connectivity index (χ2n) is 6.93. The Morgan fingerprint density at radius 1 is 1.20 bits per heavy atom. The van der Waals surface area contributed by atoms with Crippen molar-refractivity contribution in [2.75, 3.05) is 19.6 Å². The Hall–Kier alpha value is -3.13. The highest BCUT2D eigenvalue weighted by atomic mass is 35.5. The number of benzene rings is 1. The molecule has 1 heterocycles. The maximum absolute atomic E-state index is 13.0. The Kier molecular flexibility index (Phi) is 6.56. The van der Waals surface area contributed by atoms with Crippen LogP contribution >= 0.6 is 11.6 Å². The second kappa shape index (κ2) is 9.13. The molecule has 1 aromatic carbocycles. The SMILES string of the molecule is CN(C(=O)OCOC(=O)c1cccnc1N)C1(c2ccccc2Cl)CCCCC1=O. The number of aromatic nitrogens is 1. The van der Waals surface area contributed by atoms with Gasteiger partial charge in [-0.25, -0.2) is 14.6 Å². The molecule has 3 rings (SSSR count). The van der Waals surface area contributed by atoms with Gasteiger partial charge in [-0.2, -0.15) is 0 Å². The number of ketones is 1. The summed E-state index contributed by atoms with van der Waals surface area (Å²) in [5, 5.41) is 0.394. The fourth-order valence-electron chi connectivity index (χ4n) is 3.68. The fourth-order valence-corrected chi connectivity index (χ4v) is 3.98. The number of halogens is 1. The number of hydrogen-bond donors (Lipinski definition) is 1. The van der Waals surface area contributed by atoms with E-state index < -0.39 is 24.4 Å². The Morgan fingerprint density at radius 3 is 2.67 bits per heavy atom. The van der Waals surface area contributed by atoms with E-state index in [1.54, 1.807) is 24.3 Å². The summed E-state index contributed by atoms with van der Waals surface area (Å²) in [5.41, 5.74) is 5.02. The molecule has 8 nitrogen and oxygen atoms in total. The topological polar surface area (TPSA) is 112 Å². The summed E-state index contributed by atoms with van der Waals surface area (Å²) in [6.07, 6.45) is 2.89. The standard InChI is InChI=1S/C21H22ClN3O5/c1-25(20(28)30-13-29-19(27)14-7-6-12-24-18(14)23)21(11-5-4-10-17(21)26)15-8-2-3-9-16(15)22/h2-3,6-9,12H,4-5,10-11,13H2,1H3,(H2,23,24). The van der Waals surface area contributed by atoms with Crippen LogP contribution in [0.4, 0.5) is 10.6 Å².